The van der Waals surface area contributed by atoms with E-state index in [-0.39, 0.29) is 0 Å². The minimum Gasteiger partial charge on any atom is -0.480 e. The summed E-state index contributed by atoms with van der Waals surface area (Å²) in [5, 5.41) is 28.4. The molecule has 0 saturated carbocycles. The maximum atomic E-state index is 9.65. The van der Waals surface area contributed by atoms with Crippen molar-refractivity contribution < 1.29 is 30.5 Å². The highest BCUT2D eigenvalue weighted by Gasteiger charge is 2.06. The number of hydrogen-bond acceptors (Lipinski definition) is 4. The van der Waals surface area contributed by atoms with E-state index in [4.69, 9.17) is 31.3 Å². The van der Waals surface area contributed by atoms with Gasteiger partial charge in [-0.2, -0.15) is 0 Å². The number of carboxylic acid groups (broad SMARTS) is 1. The minimum absolute atomic E-state index is 0.505. The smallest absolute Gasteiger partial charge is 0.472 e. The van der Waals surface area contributed by atoms with Gasteiger partial charge in [0.15, 0.2) is 0 Å². The van der Waals surface area contributed by atoms with E-state index in [1.165, 1.54) is 0 Å². The zero-order valence-electron chi connectivity index (χ0n) is 5.41. The van der Waals surface area contributed by atoms with Crippen molar-refractivity contribution >= 4 is 5.97 Å². The molecule has 0 aliphatic heterocycles. The third-order valence-corrected chi connectivity index (χ3v) is 0.514. The Balaban J connectivity index is 0. The van der Waals surface area contributed by atoms with Crippen LogP contribution in [-0.4, -0.2) is 44.3 Å². The van der Waals surface area contributed by atoms with Crippen molar-refractivity contribution in [3.8, 4) is 0 Å². The van der Waals surface area contributed by atoms with Crippen LogP contribution in [0.25, 0.3) is 0 Å². The highest BCUT2D eigenvalue weighted by atomic mass is 16.9. The van der Waals surface area contributed by atoms with Crippen molar-refractivity contribution in [2.45, 2.75) is 6.04 Å². The van der Waals surface area contributed by atoms with Crippen LogP contribution in [-0.2, 0) is 4.79 Å². The van der Waals surface area contributed by atoms with E-state index >= 15 is 0 Å². The summed E-state index contributed by atoms with van der Waals surface area (Å²) in [5.41, 5.74) is 4.77. The monoisotopic (exact) mass is 169 g/mol. The fourth-order valence-corrected chi connectivity index (χ4v) is 0.0781. The first kappa shape index (κ1) is 12.3. The van der Waals surface area contributed by atoms with Crippen LogP contribution in [0, 0.1) is 4.91 Å². The molecule has 0 spiro atoms. The van der Waals surface area contributed by atoms with Gasteiger partial charge in [-0.05, 0) is 0 Å². The molecule has 6 N–H and O–H groups in total. The summed E-state index contributed by atoms with van der Waals surface area (Å²) in [6.07, 6.45) is 0. The first-order valence-electron chi connectivity index (χ1n) is 2.36. The topological polar surface area (TPSA) is 144 Å². The van der Waals surface area contributed by atoms with Gasteiger partial charge in [0.25, 0.3) is 0 Å². The van der Waals surface area contributed by atoms with Crippen LogP contribution in [0.4, 0.5) is 0 Å². The number of hydrogen-bond donors (Lipinski definition) is 5. The molecule has 0 bridgehead atoms. The Morgan fingerprint density at radius 3 is 1.82 bits per heavy atom. The molecule has 0 fully saturated rings. The van der Waals surface area contributed by atoms with Crippen LogP contribution < -0.4 is 5.73 Å². The molecule has 0 aromatic carbocycles. The second-order valence-electron chi connectivity index (χ2n) is 1.38. The third kappa shape index (κ3) is 17.7. The van der Waals surface area contributed by atoms with Crippen LogP contribution in [0.3, 0.4) is 0 Å². The second kappa shape index (κ2) is 6.71. The quantitative estimate of drug-likeness (QED) is 0.299. The molecular weight excluding hydrogens is 160 g/mol. The van der Waals surface area contributed by atoms with Crippen molar-refractivity contribution in [1.29, 1.82) is 0 Å². The lowest BCUT2D eigenvalue weighted by Crippen LogP contribution is -2.33. The number of carbonyl (C=O) groups is 1. The number of carboxylic acids is 1. The third-order valence-electron chi connectivity index (χ3n) is 0.514. The molecule has 0 aliphatic rings. The lowest BCUT2D eigenvalue weighted by Gasteiger charge is -1.96. The molecule has 0 saturated heterocycles. The maximum Gasteiger partial charge on any atom is 0.472 e. The van der Waals surface area contributed by atoms with E-state index in [2.05, 4.69) is 0 Å². The van der Waals surface area contributed by atoms with E-state index in [0.717, 1.165) is 0 Å². The van der Waals surface area contributed by atoms with Gasteiger partial charge >= 0.3 is 11.1 Å². The summed E-state index contributed by atoms with van der Waals surface area (Å²) in [5.74, 6) is -1.18. The number of aliphatic hydroxyl groups excluding tert-OH is 1. The summed E-state index contributed by atoms with van der Waals surface area (Å²) in [6, 6.07) is -1.13. The van der Waals surface area contributed by atoms with Crippen molar-refractivity contribution in [1.82, 2.24) is 0 Å². The summed E-state index contributed by atoms with van der Waals surface area (Å²) in [4.78, 5) is 18.1. The molecule has 1 atom stereocenters. The predicted molar refractivity (Wildman–Crippen MR) is 29.9 cm³/mol. The number of rotatable bonds is 2. The largest absolute Gasteiger partial charge is 0.480 e. The van der Waals surface area contributed by atoms with Crippen LogP contribution >= 0.6 is 0 Å². The van der Waals surface area contributed by atoms with Gasteiger partial charge in [-0.15, -0.1) is 0 Å². The molecule has 0 radical (unpaired) electrons. The highest BCUT2D eigenvalue weighted by molar-refractivity contribution is 5.73. The first-order chi connectivity index (χ1) is 4.91. The maximum absolute atomic E-state index is 9.65. The van der Waals surface area contributed by atoms with Gasteiger partial charge < -0.3 is 15.9 Å². The summed E-state index contributed by atoms with van der Waals surface area (Å²) in [7, 11) is 0. The Labute approximate surface area is 61.0 Å². The van der Waals surface area contributed by atoms with Crippen LogP contribution in [0.2, 0.25) is 0 Å². The van der Waals surface area contributed by atoms with Crippen molar-refractivity contribution in [2.24, 2.45) is 5.73 Å². The average Bonchev–Trinajstić information content (AvgIpc) is 1.85. The zero-order chi connectivity index (χ0) is 9.44. The molecule has 8 heteroatoms. The SMILES string of the molecule is NC(CO)C(=O)O.O=[N+](O)O. The molecule has 0 heterocycles. The Bertz CT molecular complexity index is 132. The van der Waals surface area contributed by atoms with Crippen molar-refractivity contribution in [2.75, 3.05) is 6.61 Å². The van der Waals surface area contributed by atoms with E-state index in [9.17, 15) is 4.79 Å². The standard InChI is InChI=1S/C3H7NO3.H2NO3/c4-2(1-5)3(6)7;2-1(3)4/h2,5H,1,4H2,(H,6,7);(H2,2,3,4)/q;+1. The van der Waals surface area contributed by atoms with Crippen molar-refractivity contribution in [3.63, 3.8) is 0 Å². The average molecular weight is 169 g/mol. The van der Waals surface area contributed by atoms with Gasteiger partial charge in [0.1, 0.15) is 10.9 Å². The normalized spacial score (nSPS) is 10.7. The first-order valence-corrected chi connectivity index (χ1v) is 2.36. The summed E-state index contributed by atoms with van der Waals surface area (Å²) >= 11 is 0. The zero-order valence-corrected chi connectivity index (χ0v) is 5.41. The number of aliphatic hydroxyl groups is 1. The molecule has 0 aromatic heterocycles. The molecule has 0 rings (SSSR count). The van der Waals surface area contributed by atoms with E-state index in [1.54, 1.807) is 0 Å². The molecule has 0 aliphatic carbocycles. The minimum atomic E-state index is -1.25. The van der Waals surface area contributed by atoms with E-state index < -0.39 is 23.7 Å². The Kier molecular flexibility index (Phi) is 7.49. The predicted octanol–water partition coefficient (Wildman–Crippen LogP) is -2.07. The molecule has 0 amide bonds. The van der Waals surface area contributed by atoms with Gasteiger partial charge in [-0.1, -0.05) is 0 Å². The Morgan fingerprint density at radius 2 is 1.82 bits per heavy atom. The van der Waals surface area contributed by atoms with E-state index in [1.807, 2.05) is 0 Å². The molecule has 11 heavy (non-hydrogen) atoms. The Morgan fingerprint density at radius 1 is 1.55 bits per heavy atom. The Hall–Kier alpha value is -1.41. The molecule has 1 unspecified atom stereocenters. The molecule has 66 valence electrons. The number of nitrogens with zero attached hydrogens (tertiary/aromatic N) is 1. The summed E-state index contributed by atoms with van der Waals surface area (Å²) in [6.45, 7) is -0.505. The fraction of sp³-hybridized carbons (Fsp3) is 0.667. The lowest BCUT2D eigenvalue weighted by molar-refractivity contribution is -0.969. The van der Waals surface area contributed by atoms with Gasteiger partial charge in [0, 0.05) is 0 Å². The second-order valence-corrected chi connectivity index (χ2v) is 1.38. The molecule has 8 nitrogen and oxygen atoms in total. The van der Waals surface area contributed by atoms with Gasteiger partial charge in [-0.25, -0.2) is 10.4 Å². The number of aliphatic carboxylic acids is 1. The van der Waals surface area contributed by atoms with Crippen LogP contribution in [0.5, 0.6) is 0 Å². The van der Waals surface area contributed by atoms with Crippen LogP contribution in [0.15, 0.2) is 0 Å². The van der Waals surface area contributed by atoms with E-state index in [0.29, 0.717) is 0 Å². The highest BCUT2D eigenvalue weighted by Crippen LogP contribution is 1.71. The van der Waals surface area contributed by atoms with Gasteiger partial charge in [0.05, 0.1) is 6.61 Å². The van der Waals surface area contributed by atoms with Crippen molar-refractivity contribution in [3.05, 3.63) is 4.91 Å². The fourth-order valence-electron chi connectivity index (χ4n) is 0.0781. The lowest BCUT2D eigenvalue weighted by atomic mass is 10.3. The van der Waals surface area contributed by atoms with Crippen LogP contribution in [0.1, 0.15) is 0 Å². The molecule has 0 aromatic rings. The number of nitrogens with two attached hydrogens (primary N) is 1. The molecular formula is C3H9N2O6+. The summed E-state index contributed by atoms with van der Waals surface area (Å²) < 4.78 is 0. The van der Waals surface area contributed by atoms with Gasteiger partial charge in [0.2, 0.25) is 0 Å². The van der Waals surface area contributed by atoms with Gasteiger partial charge in [-0.3, -0.25) is 4.79 Å².